The van der Waals surface area contributed by atoms with Crippen molar-refractivity contribution < 1.29 is 23.6 Å². The van der Waals surface area contributed by atoms with Crippen molar-refractivity contribution >= 4 is 26.8 Å². The van der Waals surface area contributed by atoms with E-state index in [-0.39, 0.29) is 12.6 Å². The number of aromatic nitrogens is 2. The van der Waals surface area contributed by atoms with Crippen LogP contribution in [0.3, 0.4) is 0 Å². The first kappa shape index (κ1) is 21.6. The molecule has 0 aliphatic rings. The fraction of sp³-hybridized carbons (Fsp3) is 0.421. The van der Waals surface area contributed by atoms with E-state index in [2.05, 4.69) is 4.98 Å². The second-order valence-electron chi connectivity index (χ2n) is 6.24. The minimum atomic E-state index is -1.49. The number of esters is 1. The van der Waals surface area contributed by atoms with Gasteiger partial charge in [-0.15, -0.1) is 0 Å². The Morgan fingerprint density at radius 2 is 2.04 bits per heavy atom. The van der Waals surface area contributed by atoms with Gasteiger partial charge in [0, 0.05) is 18.4 Å². The van der Waals surface area contributed by atoms with E-state index in [4.69, 9.17) is 9.47 Å². The summed E-state index contributed by atoms with van der Waals surface area (Å²) in [6, 6.07) is 10.2. The largest absolute Gasteiger partial charge is 0.460 e. The third-order valence-electron chi connectivity index (χ3n) is 3.81. The zero-order valence-electron chi connectivity index (χ0n) is 15.8. The van der Waals surface area contributed by atoms with E-state index in [1.807, 2.05) is 42.6 Å². The molecule has 0 saturated heterocycles. The number of carbonyl (C=O) groups excluding carboxylic acids is 1. The lowest BCUT2D eigenvalue weighted by atomic mass is 10.1. The molecule has 1 unspecified atom stereocenters. The van der Waals surface area contributed by atoms with Crippen molar-refractivity contribution in [2.24, 2.45) is 7.05 Å². The van der Waals surface area contributed by atoms with Crippen molar-refractivity contribution in [2.45, 2.75) is 29.9 Å². The lowest BCUT2D eigenvalue weighted by Gasteiger charge is -2.07. The van der Waals surface area contributed by atoms with Crippen molar-refractivity contribution in [1.29, 1.82) is 0 Å². The predicted octanol–water partition coefficient (Wildman–Crippen LogP) is 2.11. The molecule has 2 aromatic rings. The Bertz CT molecular complexity index is 713. The Morgan fingerprint density at radius 1 is 1.26 bits per heavy atom. The number of benzene rings is 1. The van der Waals surface area contributed by atoms with Crippen LogP contribution in [0.15, 0.2) is 47.9 Å². The highest BCUT2D eigenvalue weighted by atomic mass is 32.2. The van der Waals surface area contributed by atoms with E-state index < -0.39 is 9.04 Å². The molecule has 1 aromatic carbocycles. The summed E-state index contributed by atoms with van der Waals surface area (Å²) in [6.07, 6.45) is 4.60. The van der Waals surface area contributed by atoms with Gasteiger partial charge in [-0.2, -0.15) is 0 Å². The Morgan fingerprint density at radius 3 is 2.74 bits per heavy atom. The van der Waals surface area contributed by atoms with Gasteiger partial charge in [0.25, 0.3) is 0 Å². The Balaban J connectivity index is 1.68. The highest BCUT2D eigenvalue weighted by molar-refractivity contribution is 7.98. The fourth-order valence-electron chi connectivity index (χ4n) is 2.31. The quantitative estimate of drug-likeness (QED) is 0.154. The first-order chi connectivity index (χ1) is 13.1. The molecule has 1 N–H and O–H groups in total. The van der Waals surface area contributed by atoms with Crippen molar-refractivity contribution in [3.05, 3.63) is 53.9 Å². The summed E-state index contributed by atoms with van der Waals surface area (Å²) in [5.41, 5.74) is 1.65. The molecule has 0 bridgehead atoms. The molecule has 2 rings (SSSR count). The number of thioether (sulfide) groups is 1. The minimum Gasteiger partial charge on any atom is -0.460 e. The summed E-state index contributed by atoms with van der Waals surface area (Å²) < 4.78 is 12.6. The molecular weight excluding hydrogens is 380 g/mol. The van der Waals surface area contributed by atoms with Gasteiger partial charge in [0.05, 0.1) is 25.4 Å². The molecule has 0 aliphatic heterocycles. The molecule has 0 amide bonds. The normalized spacial score (nSPS) is 12.0. The van der Waals surface area contributed by atoms with Crippen LogP contribution in [0.4, 0.5) is 0 Å². The third kappa shape index (κ3) is 8.21. The molecule has 0 saturated carbocycles. The van der Waals surface area contributed by atoms with Gasteiger partial charge < -0.3 is 14.3 Å². The highest BCUT2D eigenvalue weighted by Gasteiger charge is 2.10. The van der Waals surface area contributed by atoms with E-state index in [1.165, 1.54) is 0 Å². The Kier molecular flexibility index (Phi) is 9.47. The van der Waals surface area contributed by atoms with Crippen molar-refractivity contribution in [3.8, 4) is 0 Å². The summed E-state index contributed by atoms with van der Waals surface area (Å²) in [4.78, 5) is 25.7. The Hall–Kier alpha value is -1.74. The summed E-state index contributed by atoms with van der Waals surface area (Å²) >= 11 is 1.65. The molecule has 0 spiro atoms. The van der Waals surface area contributed by atoms with Crippen LogP contribution in [-0.2, 0) is 22.3 Å². The SMILES string of the molecule is C[n+]1cccnc1SCc1ccc(C(=O)OCCOCCC[SiH](C)O)cc1. The van der Waals surface area contributed by atoms with Gasteiger partial charge in [-0.25, -0.2) is 9.36 Å². The molecule has 0 fully saturated rings. The fourth-order valence-corrected chi connectivity index (χ4v) is 3.96. The van der Waals surface area contributed by atoms with Crippen molar-refractivity contribution in [3.63, 3.8) is 0 Å². The highest BCUT2D eigenvalue weighted by Crippen LogP contribution is 2.18. The topological polar surface area (TPSA) is 72.5 Å². The molecule has 1 atom stereocenters. The van der Waals surface area contributed by atoms with Gasteiger partial charge in [0.2, 0.25) is 0 Å². The lowest BCUT2D eigenvalue weighted by molar-refractivity contribution is -0.713. The van der Waals surface area contributed by atoms with Crippen LogP contribution in [0, 0.1) is 0 Å². The molecule has 8 heteroatoms. The van der Waals surface area contributed by atoms with Crippen LogP contribution in [0.5, 0.6) is 0 Å². The van der Waals surface area contributed by atoms with Crippen LogP contribution < -0.4 is 4.57 Å². The van der Waals surface area contributed by atoms with E-state index >= 15 is 0 Å². The number of carbonyl (C=O) groups is 1. The monoisotopic (exact) mass is 407 g/mol. The summed E-state index contributed by atoms with van der Waals surface area (Å²) in [5.74, 6) is 0.439. The summed E-state index contributed by atoms with van der Waals surface area (Å²) in [5, 5.41) is 0.941. The van der Waals surface area contributed by atoms with Crippen LogP contribution >= 0.6 is 11.8 Å². The molecule has 1 aromatic heterocycles. The van der Waals surface area contributed by atoms with Crippen molar-refractivity contribution in [2.75, 3.05) is 19.8 Å². The lowest BCUT2D eigenvalue weighted by Crippen LogP contribution is -2.31. The number of rotatable bonds is 11. The van der Waals surface area contributed by atoms with Gasteiger partial charge in [-0.1, -0.05) is 12.1 Å². The number of ether oxygens (including phenoxy) is 2. The molecule has 0 aliphatic carbocycles. The first-order valence-electron chi connectivity index (χ1n) is 9.01. The van der Waals surface area contributed by atoms with Gasteiger partial charge in [0.15, 0.2) is 9.04 Å². The van der Waals surface area contributed by atoms with Gasteiger partial charge in [0.1, 0.15) is 12.8 Å². The zero-order valence-corrected chi connectivity index (χ0v) is 17.8. The standard InChI is InChI=1S/C19H27N2O4SSi/c1-21-10-3-9-20-19(21)26-15-16-5-7-17(8-6-16)18(22)25-13-12-24-11-4-14-27(2)23/h3,5-10,23,27H,4,11-15H2,1-2H3/q+1. The maximum atomic E-state index is 12.0. The van der Waals surface area contributed by atoms with Gasteiger partial charge in [-0.3, -0.25) is 0 Å². The van der Waals surface area contributed by atoms with Crippen LogP contribution in [0.2, 0.25) is 12.6 Å². The Labute approximate surface area is 166 Å². The number of hydrogen-bond acceptors (Lipinski definition) is 6. The van der Waals surface area contributed by atoms with E-state index in [0.29, 0.717) is 18.8 Å². The molecule has 0 radical (unpaired) electrons. The van der Waals surface area contributed by atoms with E-state index in [1.54, 1.807) is 30.1 Å². The number of hydrogen-bond donors (Lipinski definition) is 1. The van der Waals surface area contributed by atoms with Crippen molar-refractivity contribution in [1.82, 2.24) is 4.98 Å². The summed E-state index contributed by atoms with van der Waals surface area (Å²) in [6.45, 7) is 3.10. The average Bonchev–Trinajstić information content (AvgIpc) is 2.66. The molecular formula is C19H27N2O4SSi+. The zero-order chi connectivity index (χ0) is 19.5. The maximum Gasteiger partial charge on any atom is 0.359 e. The van der Waals surface area contributed by atoms with Gasteiger partial charge >= 0.3 is 11.1 Å². The molecule has 1 heterocycles. The minimum absolute atomic E-state index is 0.235. The second kappa shape index (κ2) is 11.9. The number of aryl methyl sites for hydroxylation is 1. The maximum absolute atomic E-state index is 12.0. The predicted molar refractivity (Wildman–Crippen MR) is 107 cm³/mol. The molecule has 6 nitrogen and oxygen atoms in total. The smallest absolute Gasteiger partial charge is 0.359 e. The molecule has 27 heavy (non-hydrogen) atoms. The third-order valence-corrected chi connectivity index (χ3v) is 6.18. The van der Waals surface area contributed by atoms with Crippen LogP contribution in [-0.4, -0.2) is 44.6 Å². The van der Waals surface area contributed by atoms with E-state index in [0.717, 1.165) is 28.9 Å². The average molecular weight is 408 g/mol. The van der Waals surface area contributed by atoms with Crippen LogP contribution in [0.1, 0.15) is 22.3 Å². The first-order valence-corrected chi connectivity index (χ1v) is 12.5. The second-order valence-corrected chi connectivity index (χ2v) is 9.46. The van der Waals surface area contributed by atoms with E-state index in [9.17, 15) is 9.59 Å². The number of nitrogens with zero attached hydrogens (tertiary/aromatic N) is 2. The van der Waals surface area contributed by atoms with Gasteiger partial charge in [-0.05, 0) is 53.5 Å². The molecule has 146 valence electrons. The van der Waals surface area contributed by atoms with Crippen LogP contribution in [0.25, 0.3) is 0 Å². The summed E-state index contributed by atoms with van der Waals surface area (Å²) in [7, 11) is 0.477.